The second-order valence-electron chi connectivity index (χ2n) is 5.49. The Bertz CT molecular complexity index is 1020. The molecule has 0 bridgehead atoms. The summed E-state index contributed by atoms with van der Waals surface area (Å²) in [6.07, 6.45) is 2.80. The third-order valence-corrected chi connectivity index (χ3v) is 4.32. The molecule has 0 spiro atoms. The highest BCUT2D eigenvalue weighted by Crippen LogP contribution is 2.39. The molecule has 21 heavy (non-hydrogen) atoms. The fraction of sp³-hybridized carbons (Fsp3) is 0.0526. The van der Waals surface area contributed by atoms with Crippen LogP contribution in [0.15, 0.2) is 60.8 Å². The predicted octanol–water partition coefficient (Wildman–Crippen LogP) is 4.35. The Kier molecular flexibility index (Phi) is 2.03. The lowest BCUT2D eigenvalue weighted by atomic mass is 9.88. The first-order valence-corrected chi connectivity index (χ1v) is 7.16. The van der Waals surface area contributed by atoms with Crippen molar-refractivity contribution in [2.75, 3.05) is 0 Å². The highest BCUT2D eigenvalue weighted by Gasteiger charge is 2.21. The molecular weight excluding hydrogens is 256 g/mol. The lowest BCUT2D eigenvalue weighted by molar-refractivity contribution is 1.10. The van der Waals surface area contributed by atoms with Crippen LogP contribution >= 0.6 is 0 Å². The summed E-state index contributed by atoms with van der Waals surface area (Å²) in [5, 5.41) is 3.68. The van der Waals surface area contributed by atoms with Crippen LogP contribution in [0, 0.1) is 0 Å². The van der Waals surface area contributed by atoms with E-state index in [2.05, 4.69) is 53.5 Å². The van der Waals surface area contributed by atoms with Crippen molar-refractivity contribution in [3.05, 3.63) is 72.1 Å². The first-order valence-electron chi connectivity index (χ1n) is 7.16. The maximum Gasteiger partial charge on any atom is 0.0801 e. The third kappa shape index (κ3) is 1.42. The van der Waals surface area contributed by atoms with Gasteiger partial charge >= 0.3 is 0 Å². The second-order valence-corrected chi connectivity index (χ2v) is 5.49. The Balaban J connectivity index is 2.04. The zero-order valence-electron chi connectivity index (χ0n) is 11.4. The highest BCUT2D eigenvalue weighted by molar-refractivity contribution is 6.11. The van der Waals surface area contributed by atoms with Crippen molar-refractivity contribution in [1.82, 2.24) is 9.97 Å². The standard InChI is InChI=1S/C19H12N2/c1-2-6-13-12(5-1)11-17-18-15(9-10-20-19(13)18)14-7-3-4-8-16(14)21-17/h1-10H,11H2. The number of aromatic nitrogens is 2. The van der Waals surface area contributed by atoms with E-state index in [9.17, 15) is 0 Å². The molecule has 0 saturated carbocycles. The van der Waals surface area contributed by atoms with E-state index < -0.39 is 0 Å². The summed E-state index contributed by atoms with van der Waals surface area (Å²) in [4.78, 5) is 9.54. The summed E-state index contributed by atoms with van der Waals surface area (Å²) in [6.45, 7) is 0. The third-order valence-electron chi connectivity index (χ3n) is 4.32. The van der Waals surface area contributed by atoms with E-state index in [1.807, 2.05) is 12.3 Å². The molecule has 2 heteroatoms. The Morgan fingerprint density at radius 3 is 2.67 bits per heavy atom. The van der Waals surface area contributed by atoms with Crippen molar-refractivity contribution in [1.29, 1.82) is 0 Å². The van der Waals surface area contributed by atoms with Gasteiger partial charge in [-0.05, 0) is 23.1 Å². The van der Waals surface area contributed by atoms with Crippen LogP contribution in [0.4, 0.5) is 0 Å². The number of rotatable bonds is 0. The monoisotopic (exact) mass is 268 g/mol. The average molecular weight is 268 g/mol. The molecule has 4 aromatic rings. The first kappa shape index (κ1) is 11.0. The topological polar surface area (TPSA) is 25.8 Å². The van der Waals surface area contributed by atoms with Crippen molar-refractivity contribution in [3.63, 3.8) is 0 Å². The van der Waals surface area contributed by atoms with Gasteiger partial charge in [0, 0.05) is 29.0 Å². The minimum atomic E-state index is 0.885. The maximum absolute atomic E-state index is 4.89. The molecule has 0 fully saturated rings. The summed E-state index contributed by atoms with van der Waals surface area (Å²) in [5.41, 5.74) is 5.84. The van der Waals surface area contributed by atoms with Crippen LogP contribution in [0.25, 0.3) is 32.9 Å². The molecule has 0 saturated heterocycles. The first-order chi connectivity index (χ1) is 10.4. The van der Waals surface area contributed by atoms with Gasteiger partial charge in [0.1, 0.15) is 0 Å². The number of para-hydroxylation sites is 1. The summed E-state index contributed by atoms with van der Waals surface area (Å²) >= 11 is 0. The molecule has 5 rings (SSSR count). The van der Waals surface area contributed by atoms with E-state index in [0.717, 1.165) is 23.3 Å². The quantitative estimate of drug-likeness (QED) is 0.390. The van der Waals surface area contributed by atoms with E-state index >= 15 is 0 Å². The fourth-order valence-electron chi connectivity index (χ4n) is 3.40. The Morgan fingerprint density at radius 2 is 1.67 bits per heavy atom. The molecule has 98 valence electrons. The van der Waals surface area contributed by atoms with E-state index in [1.54, 1.807) is 0 Å². The summed E-state index contributed by atoms with van der Waals surface area (Å²) in [6, 6.07) is 19.0. The zero-order valence-corrected chi connectivity index (χ0v) is 11.4. The molecule has 2 nitrogen and oxygen atoms in total. The highest BCUT2D eigenvalue weighted by atomic mass is 14.7. The van der Waals surface area contributed by atoms with Gasteiger partial charge in [-0.1, -0.05) is 42.5 Å². The van der Waals surface area contributed by atoms with Gasteiger partial charge in [-0.15, -0.1) is 0 Å². The number of fused-ring (bicyclic) bond motifs is 4. The van der Waals surface area contributed by atoms with Gasteiger partial charge in [0.25, 0.3) is 0 Å². The molecule has 2 heterocycles. The van der Waals surface area contributed by atoms with E-state index in [1.165, 1.54) is 27.3 Å². The van der Waals surface area contributed by atoms with Crippen LogP contribution in [-0.2, 0) is 6.42 Å². The number of nitrogens with zero attached hydrogens (tertiary/aromatic N) is 2. The van der Waals surface area contributed by atoms with Crippen molar-refractivity contribution >= 4 is 21.7 Å². The second kappa shape index (κ2) is 3.89. The summed E-state index contributed by atoms with van der Waals surface area (Å²) in [5.74, 6) is 0. The molecule has 0 amide bonds. The fourth-order valence-corrected chi connectivity index (χ4v) is 3.40. The van der Waals surface area contributed by atoms with Gasteiger partial charge in [0.2, 0.25) is 0 Å². The number of hydrogen-bond donors (Lipinski definition) is 0. The number of benzene rings is 2. The van der Waals surface area contributed by atoms with Crippen LogP contribution in [0.1, 0.15) is 11.3 Å². The Morgan fingerprint density at radius 1 is 0.810 bits per heavy atom. The van der Waals surface area contributed by atoms with Crippen molar-refractivity contribution in [2.24, 2.45) is 0 Å². The molecule has 0 atom stereocenters. The molecular formula is C19H12N2. The summed E-state index contributed by atoms with van der Waals surface area (Å²) < 4.78 is 0. The molecule has 2 aromatic carbocycles. The average Bonchev–Trinajstić information content (AvgIpc) is 2.55. The van der Waals surface area contributed by atoms with Gasteiger partial charge in [0.05, 0.1) is 16.9 Å². The number of pyridine rings is 2. The molecule has 0 aliphatic heterocycles. The molecule has 0 N–H and O–H groups in total. The van der Waals surface area contributed by atoms with E-state index in [4.69, 9.17) is 4.98 Å². The maximum atomic E-state index is 4.89. The van der Waals surface area contributed by atoms with Crippen molar-refractivity contribution in [3.8, 4) is 11.3 Å². The van der Waals surface area contributed by atoms with Crippen molar-refractivity contribution < 1.29 is 0 Å². The SMILES string of the molecule is c1ccc2c(c1)Cc1nc3ccccc3c3ccnc-2c13. The van der Waals surface area contributed by atoms with Gasteiger partial charge in [-0.3, -0.25) is 9.97 Å². The van der Waals surface area contributed by atoms with Gasteiger partial charge in [0.15, 0.2) is 0 Å². The van der Waals surface area contributed by atoms with Crippen LogP contribution in [0.3, 0.4) is 0 Å². The molecule has 0 unspecified atom stereocenters. The molecule has 0 radical (unpaired) electrons. The van der Waals surface area contributed by atoms with Gasteiger partial charge in [-0.2, -0.15) is 0 Å². The van der Waals surface area contributed by atoms with Crippen LogP contribution in [0.5, 0.6) is 0 Å². The molecule has 1 aliphatic carbocycles. The lowest BCUT2D eigenvalue weighted by Gasteiger charge is -2.20. The Hall–Kier alpha value is -2.74. The summed E-state index contributed by atoms with van der Waals surface area (Å²) in [7, 11) is 0. The number of hydrogen-bond acceptors (Lipinski definition) is 2. The van der Waals surface area contributed by atoms with Gasteiger partial charge < -0.3 is 0 Å². The smallest absolute Gasteiger partial charge is 0.0801 e. The van der Waals surface area contributed by atoms with Crippen LogP contribution in [-0.4, -0.2) is 9.97 Å². The van der Waals surface area contributed by atoms with E-state index in [-0.39, 0.29) is 0 Å². The van der Waals surface area contributed by atoms with Crippen molar-refractivity contribution in [2.45, 2.75) is 6.42 Å². The zero-order chi connectivity index (χ0) is 13.8. The van der Waals surface area contributed by atoms with Gasteiger partial charge in [-0.25, -0.2) is 0 Å². The minimum Gasteiger partial charge on any atom is -0.256 e. The lowest BCUT2D eigenvalue weighted by Crippen LogP contribution is -2.05. The van der Waals surface area contributed by atoms with Crippen LogP contribution in [0.2, 0.25) is 0 Å². The normalized spacial score (nSPS) is 12.6. The molecule has 1 aliphatic rings. The van der Waals surface area contributed by atoms with E-state index in [0.29, 0.717) is 0 Å². The molecule has 2 aromatic heterocycles. The predicted molar refractivity (Wildman–Crippen MR) is 85.3 cm³/mol. The Labute approximate surface area is 122 Å². The minimum absolute atomic E-state index is 0.885. The largest absolute Gasteiger partial charge is 0.256 e. The van der Waals surface area contributed by atoms with Crippen LogP contribution < -0.4 is 0 Å².